The largest absolute Gasteiger partial charge is 0.367 e. The van der Waals surface area contributed by atoms with E-state index in [0.717, 1.165) is 18.7 Å². The summed E-state index contributed by atoms with van der Waals surface area (Å²) >= 11 is 0. The van der Waals surface area contributed by atoms with Crippen LogP contribution in [0, 0.1) is 23.1 Å². The lowest BCUT2D eigenvalue weighted by molar-refractivity contribution is 0.570. The third-order valence-corrected chi connectivity index (χ3v) is 3.32. The highest BCUT2D eigenvalue weighted by atomic mass is 19.1. The van der Waals surface area contributed by atoms with Gasteiger partial charge in [-0.2, -0.15) is 5.26 Å². The van der Waals surface area contributed by atoms with Crippen molar-refractivity contribution in [3.63, 3.8) is 0 Å². The fourth-order valence-electron chi connectivity index (χ4n) is 2.13. The molecule has 0 spiro atoms. The number of rotatable bonds is 5. The first-order valence-corrected chi connectivity index (χ1v) is 6.58. The van der Waals surface area contributed by atoms with E-state index in [0.29, 0.717) is 17.5 Å². The second-order valence-corrected chi connectivity index (χ2v) is 5.38. The van der Waals surface area contributed by atoms with Crippen LogP contribution in [-0.4, -0.2) is 12.6 Å². The predicted octanol–water partition coefficient (Wildman–Crippen LogP) is 3.71. The number of hydrogen-bond acceptors (Lipinski definition) is 2. The summed E-state index contributed by atoms with van der Waals surface area (Å²) in [4.78, 5) is 2.28. The van der Waals surface area contributed by atoms with Gasteiger partial charge in [0, 0.05) is 12.6 Å². The summed E-state index contributed by atoms with van der Waals surface area (Å²) in [5, 5.41) is 9.13. The van der Waals surface area contributed by atoms with E-state index in [9.17, 15) is 4.39 Å². The predicted molar refractivity (Wildman–Crippen MR) is 70.9 cm³/mol. The maximum Gasteiger partial charge on any atom is 0.124 e. The van der Waals surface area contributed by atoms with Gasteiger partial charge in [-0.05, 0) is 43.4 Å². The van der Waals surface area contributed by atoms with E-state index in [-0.39, 0.29) is 5.82 Å². The zero-order valence-electron chi connectivity index (χ0n) is 11.0. The molecular formula is C15H19FN2. The third-order valence-electron chi connectivity index (χ3n) is 3.32. The Kier molecular flexibility index (Phi) is 3.86. The zero-order valence-corrected chi connectivity index (χ0v) is 11.0. The molecule has 1 aliphatic carbocycles. The van der Waals surface area contributed by atoms with Crippen LogP contribution in [0.25, 0.3) is 0 Å². The van der Waals surface area contributed by atoms with Crippen LogP contribution in [-0.2, 0) is 0 Å². The topological polar surface area (TPSA) is 27.0 Å². The number of anilines is 1. The first kappa shape index (κ1) is 12.9. The van der Waals surface area contributed by atoms with Crippen LogP contribution in [0.2, 0.25) is 0 Å². The Morgan fingerprint density at radius 1 is 1.44 bits per heavy atom. The van der Waals surface area contributed by atoms with Crippen molar-refractivity contribution < 1.29 is 4.39 Å². The van der Waals surface area contributed by atoms with Crippen LogP contribution in [0.15, 0.2) is 18.2 Å². The molecule has 0 aliphatic heterocycles. The van der Waals surface area contributed by atoms with Crippen LogP contribution in [0.1, 0.15) is 38.7 Å². The van der Waals surface area contributed by atoms with Gasteiger partial charge in [0.25, 0.3) is 0 Å². The Labute approximate surface area is 108 Å². The van der Waals surface area contributed by atoms with E-state index in [1.165, 1.54) is 25.0 Å². The zero-order chi connectivity index (χ0) is 13.1. The van der Waals surface area contributed by atoms with E-state index in [1.54, 1.807) is 6.07 Å². The van der Waals surface area contributed by atoms with E-state index in [4.69, 9.17) is 5.26 Å². The second kappa shape index (κ2) is 5.39. The molecule has 3 heteroatoms. The molecule has 0 N–H and O–H groups in total. The van der Waals surface area contributed by atoms with E-state index in [2.05, 4.69) is 24.8 Å². The first-order chi connectivity index (χ1) is 8.61. The normalized spacial score (nSPS) is 14.6. The van der Waals surface area contributed by atoms with Crippen molar-refractivity contribution in [1.29, 1.82) is 5.26 Å². The lowest BCUT2D eigenvalue weighted by Gasteiger charge is -2.26. The molecule has 0 aromatic heterocycles. The molecule has 0 saturated heterocycles. The van der Waals surface area contributed by atoms with E-state index >= 15 is 0 Å². The monoisotopic (exact) mass is 246 g/mol. The van der Waals surface area contributed by atoms with Gasteiger partial charge in [0.2, 0.25) is 0 Å². The number of hydrogen-bond donors (Lipinski definition) is 0. The van der Waals surface area contributed by atoms with Gasteiger partial charge < -0.3 is 4.90 Å². The molecule has 1 aromatic rings. The standard InChI is InChI=1S/C15H19FN2/c1-11(2)7-8-18(14-4-5-14)15-6-3-13(16)9-12(15)10-17/h3,6,9,11,14H,4-5,7-8H2,1-2H3. The van der Waals surface area contributed by atoms with E-state index in [1.807, 2.05) is 0 Å². The Morgan fingerprint density at radius 2 is 2.17 bits per heavy atom. The number of nitriles is 1. The minimum atomic E-state index is -0.338. The molecule has 96 valence electrons. The average Bonchev–Trinajstić information content (AvgIpc) is 3.15. The van der Waals surface area contributed by atoms with Gasteiger partial charge in [-0.25, -0.2) is 4.39 Å². The van der Waals surface area contributed by atoms with Gasteiger partial charge >= 0.3 is 0 Å². The lowest BCUT2D eigenvalue weighted by Crippen LogP contribution is -2.28. The summed E-state index contributed by atoms with van der Waals surface area (Å²) in [5.74, 6) is 0.298. The smallest absolute Gasteiger partial charge is 0.124 e. The van der Waals surface area contributed by atoms with Crippen molar-refractivity contribution in [2.24, 2.45) is 5.92 Å². The highest BCUT2D eigenvalue weighted by Gasteiger charge is 2.30. The molecule has 2 rings (SSSR count). The fraction of sp³-hybridized carbons (Fsp3) is 0.533. The molecule has 0 amide bonds. The summed E-state index contributed by atoms with van der Waals surface area (Å²) in [7, 11) is 0. The van der Waals surface area contributed by atoms with Crippen molar-refractivity contribution in [3.8, 4) is 6.07 Å². The number of nitrogens with zero attached hydrogens (tertiary/aromatic N) is 2. The van der Waals surface area contributed by atoms with Crippen LogP contribution in [0.4, 0.5) is 10.1 Å². The Bertz CT molecular complexity index is 458. The van der Waals surface area contributed by atoms with Crippen molar-refractivity contribution >= 4 is 5.69 Å². The van der Waals surface area contributed by atoms with Gasteiger partial charge in [-0.1, -0.05) is 13.8 Å². The van der Waals surface area contributed by atoms with Crippen LogP contribution in [0.5, 0.6) is 0 Å². The molecule has 2 nitrogen and oxygen atoms in total. The number of benzene rings is 1. The minimum absolute atomic E-state index is 0.338. The van der Waals surface area contributed by atoms with Gasteiger partial charge in [-0.15, -0.1) is 0 Å². The fourth-order valence-corrected chi connectivity index (χ4v) is 2.13. The third kappa shape index (κ3) is 3.01. The molecule has 0 atom stereocenters. The second-order valence-electron chi connectivity index (χ2n) is 5.38. The highest BCUT2D eigenvalue weighted by Crippen LogP contribution is 2.34. The summed E-state index contributed by atoms with van der Waals surface area (Å²) in [6.07, 6.45) is 3.46. The molecule has 1 fully saturated rings. The average molecular weight is 246 g/mol. The Balaban J connectivity index is 2.22. The molecule has 0 radical (unpaired) electrons. The molecule has 18 heavy (non-hydrogen) atoms. The van der Waals surface area contributed by atoms with Crippen molar-refractivity contribution in [2.45, 2.75) is 39.2 Å². The summed E-state index contributed by atoms with van der Waals surface area (Å²) in [6.45, 7) is 5.34. The minimum Gasteiger partial charge on any atom is -0.367 e. The quantitative estimate of drug-likeness (QED) is 0.791. The molecular weight excluding hydrogens is 227 g/mol. The van der Waals surface area contributed by atoms with Crippen LogP contribution in [0.3, 0.4) is 0 Å². The van der Waals surface area contributed by atoms with Crippen LogP contribution >= 0.6 is 0 Å². The van der Waals surface area contributed by atoms with Gasteiger partial charge in [0.1, 0.15) is 11.9 Å². The maximum absolute atomic E-state index is 13.2. The van der Waals surface area contributed by atoms with Gasteiger partial charge in [0.15, 0.2) is 0 Å². The summed E-state index contributed by atoms with van der Waals surface area (Å²) in [5.41, 5.74) is 1.34. The maximum atomic E-state index is 13.2. The van der Waals surface area contributed by atoms with Crippen LogP contribution < -0.4 is 4.90 Å². The molecule has 1 aromatic carbocycles. The SMILES string of the molecule is CC(C)CCN(c1ccc(F)cc1C#N)C1CC1. The lowest BCUT2D eigenvalue weighted by atomic mass is 10.1. The molecule has 1 aliphatic rings. The van der Waals surface area contributed by atoms with Crippen molar-refractivity contribution in [3.05, 3.63) is 29.6 Å². The molecule has 0 heterocycles. The summed E-state index contributed by atoms with van der Waals surface area (Å²) in [6, 6.07) is 7.17. The Hall–Kier alpha value is -1.56. The molecule has 1 saturated carbocycles. The number of halogens is 1. The Morgan fingerprint density at radius 3 is 2.72 bits per heavy atom. The molecule has 0 bridgehead atoms. The highest BCUT2D eigenvalue weighted by molar-refractivity contribution is 5.60. The van der Waals surface area contributed by atoms with Crippen molar-refractivity contribution in [1.82, 2.24) is 0 Å². The first-order valence-electron chi connectivity index (χ1n) is 6.58. The van der Waals surface area contributed by atoms with E-state index < -0.39 is 0 Å². The summed E-state index contributed by atoms with van der Waals surface area (Å²) < 4.78 is 13.2. The van der Waals surface area contributed by atoms with Gasteiger partial charge in [0.05, 0.1) is 11.3 Å². The van der Waals surface area contributed by atoms with Gasteiger partial charge in [-0.3, -0.25) is 0 Å². The molecule has 0 unspecified atom stereocenters. The van der Waals surface area contributed by atoms with Crippen molar-refractivity contribution in [2.75, 3.05) is 11.4 Å².